The zero-order valence-corrected chi connectivity index (χ0v) is 12.4. The molecule has 0 radical (unpaired) electrons. The van der Waals surface area contributed by atoms with Gasteiger partial charge in [-0.1, -0.05) is 25.1 Å². The van der Waals surface area contributed by atoms with Gasteiger partial charge in [0.05, 0.1) is 5.69 Å². The van der Waals surface area contributed by atoms with Crippen molar-refractivity contribution in [2.75, 3.05) is 7.05 Å². The molecule has 0 aliphatic heterocycles. The number of nitrogens with zero attached hydrogens (tertiary/aromatic N) is 2. The molecule has 2 N–H and O–H groups in total. The molecular weight excluding hydrogens is 282 g/mol. The van der Waals surface area contributed by atoms with Crippen molar-refractivity contribution in [3.63, 3.8) is 0 Å². The van der Waals surface area contributed by atoms with Gasteiger partial charge in [0.1, 0.15) is 9.88 Å². The quantitative estimate of drug-likeness (QED) is 0.848. The van der Waals surface area contributed by atoms with Gasteiger partial charge in [0.15, 0.2) is 0 Å². The van der Waals surface area contributed by atoms with Crippen LogP contribution >= 0.6 is 12.2 Å². The van der Waals surface area contributed by atoms with E-state index in [4.69, 9.17) is 18.0 Å². The van der Waals surface area contributed by atoms with E-state index in [1.54, 1.807) is 7.05 Å². The van der Waals surface area contributed by atoms with E-state index in [0.29, 0.717) is 5.69 Å². The van der Waals surface area contributed by atoms with Crippen molar-refractivity contribution >= 4 is 27.2 Å². The molecular formula is C12H17N3O2S2. The van der Waals surface area contributed by atoms with Crippen LogP contribution in [-0.4, -0.2) is 35.8 Å². The van der Waals surface area contributed by atoms with Gasteiger partial charge in [-0.2, -0.15) is 4.31 Å². The lowest BCUT2D eigenvalue weighted by molar-refractivity contribution is 0.373. The highest BCUT2D eigenvalue weighted by molar-refractivity contribution is 7.89. The van der Waals surface area contributed by atoms with E-state index in [2.05, 4.69) is 4.98 Å². The van der Waals surface area contributed by atoms with Gasteiger partial charge in [0, 0.05) is 19.3 Å². The van der Waals surface area contributed by atoms with Gasteiger partial charge in [-0.3, -0.25) is 4.98 Å². The number of thiocarbonyl (C=S) groups is 1. The van der Waals surface area contributed by atoms with E-state index in [9.17, 15) is 8.42 Å². The monoisotopic (exact) mass is 299 g/mol. The summed E-state index contributed by atoms with van der Waals surface area (Å²) >= 11 is 4.79. The van der Waals surface area contributed by atoms with Crippen molar-refractivity contribution in [3.8, 4) is 0 Å². The largest absolute Gasteiger partial charge is 0.388 e. The minimum atomic E-state index is -3.48. The van der Waals surface area contributed by atoms with Crippen LogP contribution in [0.2, 0.25) is 0 Å². The first-order valence-corrected chi connectivity index (χ1v) is 8.01. The summed E-state index contributed by atoms with van der Waals surface area (Å²) in [6.45, 7) is 0. The molecule has 1 aromatic rings. The molecule has 1 heterocycles. The molecule has 1 aliphatic rings. The Kier molecular flexibility index (Phi) is 4.17. The van der Waals surface area contributed by atoms with Crippen molar-refractivity contribution in [1.29, 1.82) is 0 Å². The second-order valence-electron chi connectivity index (χ2n) is 4.70. The maximum atomic E-state index is 12.4. The van der Waals surface area contributed by atoms with E-state index < -0.39 is 10.0 Å². The number of hydrogen-bond donors (Lipinski definition) is 1. The highest BCUT2D eigenvalue weighted by Crippen LogP contribution is 2.26. The Morgan fingerprint density at radius 1 is 1.42 bits per heavy atom. The summed E-state index contributed by atoms with van der Waals surface area (Å²) in [7, 11) is -1.85. The lowest BCUT2D eigenvalue weighted by atomic mass is 10.3. The Hall–Kier alpha value is -1.05. The van der Waals surface area contributed by atoms with Crippen molar-refractivity contribution in [3.05, 3.63) is 24.0 Å². The average Bonchev–Trinajstić information content (AvgIpc) is 2.91. The molecule has 0 spiro atoms. The van der Waals surface area contributed by atoms with Crippen LogP contribution in [0.15, 0.2) is 23.2 Å². The summed E-state index contributed by atoms with van der Waals surface area (Å²) in [5, 5.41) is 0. The molecule has 0 saturated heterocycles. The smallest absolute Gasteiger partial charge is 0.244 e. The van der Waals surface area contributed by atoms with E-state index >= 15 is 0 Å². The zero-order chi connectivity index (χ0) is 14.0. The number of rotatable bonds is 4. The normalized spacial score (nSPS) is 16.9. The van der Waals surface area contributed by atoms with Gasteiger partial charge in [0.2, 0.25) is 10.0 Å². The van der Waals surface area contributed by atoms with Gasteiger partial charge < -0.3 is 5.73 Å². The van der Waals surface area contributed by atoms with Gasteiger partial charge in [-0.15, -0.1) is 0 Å². The van der Waals surface area contributed by atoms with E-state index in [-0.39, 0.29) is 15.9 Å². The van der Waals surface area contributed by atoms with Crippen molar-refractivity contribution in [1.82, 2.24) is 9.29 Å². The fourth-order valence-electron chi connectivity index (χ4n) is 2.31. The molecule has 0 atom stereocenters. The number of pyridine rings is 1. The second kappa shape index (κ2) is 5.52. The molecule has 104 valence electrons. The first kappa shape index (κ1) is 14.4. The predicted molar refractivity (Wildman–Crippen MR) is 77.3 cm³/mol. The third-order valence-corrected chi connectivity index (χ3v) is 5.61. The average molecular weight is 299 g/mol. The summed E-state index contributed by atoms with van der Waals surface area (Å²) in [4.78, 5) is 4.32. The molecule has 0 bridgehead atoms. The van der Waals surface area contributed by atoms with Crippen LogP contribution in [0, 0.1) is 0 Å². The summed E-state index contributed by atoms with van der Waals surface area (Å²) in [6.07, 6.45) is 5.34. The summed E-state index contributed by atoms with van der Waals surface area (Å²) in [5.74, 6) is 0. The fraction of sp³-hybridized carbons (Fsp3) is 0.500. The number of aromatic nitrogens is 1. The van der Waals surface area contributed by atoms with Crippen molar-refractivity contribution in [2.24, 2.45) is 5.73 Å². The Bertz CT molecular complexity index is 563. The maximum Gasteiger partial charge on any atom is 0.244 e. The Morgan fingerprint density at radius 3 is 2.53 bits per heavy atom. The first-order valence-electron chi connectivity index (χ1n) is 6.17. The van der Waals surface area contributed by atoms with Crippen LogP contribution in [0.1, 0.15) is 31.4 Å². The predicted octanol–water partition coefficient (Wildman–Crippen LogP) is 1.28. The van der Waals surface area contributed by atoms with Crippen LogP contribution in [0.3, 0.4) is 0 Å². The minimum absolute atomic E-state index is 0.0975. The second-order valence-corrected chi connectivity index (χ2v) is 7.14. The van der Waals surface area contributed by atoms with E-state index in [1.807, 2.05) is 0 Å². The summed E-state index contributed by atoms with van der Waals surface area (Å²) < 4.78 is 26.3. The Labute approximate surface area is 118 Å². The lowest BCUT2D eigenvalue weighted by Gasteiger charge is -2.23. The van der Waals surface area contributed by atoms with Gasteiger partial charge >= 0.3 is 0 Å². The number of sulfonamides is 1. The third kappa shape index (κ3) is 2.93. The zero-order valence-electron chi connectivity index (χ0n) is 10.7. The highest BCUT2D eigenvalue weighted by atomic mass is 32.2. The van der Waals surface area contributed by atoms with E-state index in [0.717, 1.165) is 25.7 Å². The molecule has 19 heavy (non-hydrogen) atoms. The molecule has 0 unspecified atom stereocenters. The molecule has 1 aliphatic carbocycles. The van der Waals surface area contributed by atoms with Crippen LogP contribution < -0.4 is 5.73 Å². The minimum Gasteiger partial charge on any atom is -0.388 e. The molecule has 0 aromatic carbocycles. The molecule has 5 nitrogen and oxygen atoms in total. The highest BCUT2D eigenvalue weighted by Gasteiger charge is 2.30. The number of hydrogen-bond acceptors (Lipinski definition) is 4. The molecule has 1 fully saturated rings. The van der Waals surface area contributed by atoms with Crippen LogP contribution in [0.4, 0.5) is 0 Å². The topological polar surface area (TPSA) is 76.3 Å². The van der Waals surface area contributed by atoms with Crippen molar-refractivity contribution < 1.29 is 8.42 Å². The third-order valence-electron chi connectivity index (χ3n) is 3.50. The van der Waals surface area contributed by atoms with Crippen LogP contribution in [-0.2, 0) is 10.0 Å². The molecule has 7 heteroatoms. The maximum absolute atomic E-state index is 12.4. The Balaban J connectivity index is 2.25. The molecule has 1 aromatic heterocycles. The summed E-state index contributed by atoms with van der Waals surface area (Å²) in [5.41, 5.74) is 5.87. The lowest BCUT2D eigenvalue weighted by Crippen LogP contribution is -2.35. The van der Waals surface area contributed by atoms with Crippen LogP contribution in [0.5, 0.6) is 0 Å². The SMILES string of the molecule is CN(C1CCCC1)S(=O)(=O)c1ccc(C(N)=S)nc1. The standard InChI is InChI=1S/C12H17N3O2S2/c1-15(9-4-2-3-5-9)19(16,17)10-6-7-11(12(13)18)14-8-10/h6-9H,2-5H2,1H3,(H2,13,18). The van der Waals surface area contributed by atoms with Crippen molar-refractivity contribution in [2.45, 2.75) is 36.6 Å². The van der Waals surface area contributed by atoms with Crippen LogP contribution in [0.25, 0.3) is 0 Å². The Morgan fingerprint density at radius 2 is 2.05 bits per heavy atom. The molecule has 1 saturated carbocycles. The summed E-state index contributed by atoms with van der Waals surface area (Å²) in [6, 6.07) is 3.14. The van der Waals surface area contributed by atoms with Gasteiger partial charge in [-0.05, 0) is 25.0 Å². The van der Waals surface area contributed by atoms with E-state index in [1.165, 1.54) is 22.6 Å². The molecule has 0 amide bonds. The first-order chi connectivity index (χ1) is 8.93. The van der Waals surface area contributed by atoms with Gasteiger partial charge in [0.25, 0.3) is 0 Å². The van der Waals surface area contributed by atoms with Gasteiger partial charge in [-0.25, -0.2) is 8.42 Å². The number of nitrogens with two attached hydrogens (primary N) is 1. The molecule has 2 rings (SSSR count). The fourth-order valence-corrected chi connectivity index (χ4v) is 3.79.